The van der Waals surface area contributed by atoms with Gasteiger partial charge in [-0.15, -0.1) is 0 Å². The van der Waals surface area contributed by atoms with E-state index in [0.29, 0.717) is 43.2 Å². The van der Waals surface area contributed by atoms with E-state index in [1.165, 1.54) is 12.4 Å². The standard InChI is InChI=1S/C22H23FN6O3/c1-15-3-8-18(30)29(26-15)13-19(31)27-9-11-28(12-10-27)22-20(23)21(24-14-25-22)16-4-6-17(32-2)7-5-16/h3-8,14H,9-13H2,1-2H3. The van der Waals surface area contributed by atoms with Crippen molar-refractivity contribution < 1.29 is 13.9 Å². The Balaban J connectivity index is 1.44. The van der Waals surface area contributed by atoms with Crippen molar-refractivity contribution in [2.24, 2.45) is 0 Å². The molecule has 1 saturated heterocycles. The Morgan fingerprint density at radius 3 is 2.47 bits per heavy atom. The lowest BCUT2D eigenvalue weighted by Crippen LogP contribution is -2.50. The molecule has 0 unspecified atom stereocenters. The van der Waals surface area contributed by atoms with Crippen LogP contribution >= 0.6 is 0 Å². The molecule has 0 saturated carbocycles. The van der Waals surface area contributed by atoms with E-state index in [1.54, 1.807) is 54.2 Å². The fraction of sp³-hybridized carbons (Fsp3) is 0.318. The molecule has 0 radical (unpaired) electrons. The predicted octanol–water partition coefficient (Wildman–Crippen LogP) is 1.51. The zero-order valence-corrected chi connectivity index (χ0v) is 17.9. The molecule has 10 heteroatoms. The summed E-state index contributed by atoms with van der Waals surface area (Å²) in [4.78, 5) is 36.2. The van der Waals surface area contributed by atoms with E-state index >= 15 is 4.39 Å². The van der Waals surface area contributed by atoms with Gasteiger partial charge in [-0.25, -0.2) is 19.0 Å². The number of methoxy groups -OCH3 is 1. The quantitative estimate of drug-likeness (QED) is 0.596. The maximum absolute atomic E-state index is 15.2. The summed E-state index contributed by atoms with van der Waals surface area (Å²) in [5, 5.41) is 4.10. The third-order valence-corrected chi connectivity index (χ3v) is 5.35. The van der Waals surface area contributed by atoms with E-state index in [2.05, 4.69) is 15.1 Å². The lowest BCUT2D eigenvalue weighted by molar-refractivity contribution is -0.132. The van der Waals surface area contributed by atoms with Gasteiger partial charge in [0, 0.05) is 37.8 Å². The van der Waals surface area contributed by atoms with Crippen LogP contribution in [0.25, 0.3) is 11.3 Å². The Hall–Kier alpha value is -3.82. The predicted molar refractivity (Wildman–Crippen MR) is 116 cm³/mol. The topological polar surface area (TPSA) is 93.5 Å². The van der Waals surface area contributed by atoms with Crippen molar-refractivity contribution in [1.82, 2.24) is 24.6 Å². The number of hydrogen-bond acceptors (Lipinski definition) is 7. The van der Waals surface area contributed by atoms with Crippen LogP contribution in [-0.4, -0.2) is 63.8 Å². The largest absolute Gasteiger partial charge is 0.497 e. The van der Waals surface area contributed by atoms with Crippen LogP contribution in [0.5, 0.6) is 5.75 Å². The van der Waals surface area contributed by atoms with Crippen LogP contribution < -0.4 is 15.2 Å². The van der Waals surface area contributed by atoms with Crippen molar-refractivity contribution in [2.75, 3.05) is 38.2 Å². The number of aromatic nitrogens is 4. The van der Waals surface area contributed by atoms with Gasteiger partial charge in [-0.3, -0.25) is 9.59 Å². The van der Waals surface area contributed by atoms with Crippen LogP contribution in [0.15, 0.2) is 47.5 Å². The van der Waals surface area contributed by atoms with Gasteiger partial charge in [0.25, 0.3) is 5.56 Å². The normalized spacial score (nSPS) is 13.8. The number of carbonyl (C=O) groups is 1. The first-order chi connectivity index (χ1) is 15.5. The van der Waals surface area contributed by atoms with Gasteiger partial charge in [0.2, 0.25) is 5.91 Å². The lowest BCUT2D eigenvalue weighted by atomic mass is 10.1. The molecular weight excluding hydrogens is 415 g/mol. The third kappa shape index (κ3) is 4.43. The maximum atomic E-state index is 15.2. The number of amides is 1. The number of aryl methyl sites for hydroxylation is 1. The average molecular weight is 438 g/mol. The fourth-order valence-electron chi connectivity index (χ4n) is 3.59. The summed E-state index contributed by atoms with van der Waals surface area (Å²) in [7, 11) is 1.57. The molecule has 2 aromatic heterocycles. The van der Waals surface area contributed by atoms with Crippen LogP contribution in [0.2, 0.25) is 0 Å². The minimum atomic E-state index is -0.507. The molecule has 3 heterocycles. The van der Waals surface area contributed by atoms with Crippen molar-refractivity contribution >= 4 is 11.7 Å². The smallest absolute Gasteiger partial charge is 0.267 e. The number of rotatable bonds is 5. The van der Waals surface area contributed by atoms with Gasteiger partial charge in [-0.2, -0.15) is 5.10 Å². The molecule has 0 bridgehead atoms. The SMILES string of the molecule is COc1ccc(-c2ncnc(N3CCN(C(=O)Cn4nc(C)ccc4=O)CC3)c2F)cc1. The Morgan fingerprint density at radius 1 is 1.06 bits per heavy atom. The second kappa shape index (κ2) is 9.13. The van der Waals surface area contributed by atoms with Gasteiger partial charge in [0.05, 0.1) is 12.8 Å². The van der Waals surface area contributed by atoms with E-state index in [1.807, 2.05) is 0 Å². The van der Waals surface area contributed by atoms with Gasteiger partial charge >= 0.3 is 0 Å². The molecule has 0 spiro atoms. The van der Waals surface area contributed by atoms with Crippen molar-refractivity contribution in [2.45, 2.75) is 13.5 Å². The third-order valence-electron chi connectivity index (χ3n) is 5.35. The number of benzene rings is 1. The van der Waals surface area contributed by atoms with Crippen molar-refractivity contribution in [3.63, 3.8) is 0 Å². The van der Waals surface area contributed by atoms with Crippen molar-refractivity contribution in [3.05, 3.63) is 64.6 Å². The summed E-state index contributed by atoms with van der Waals surface area (Å²) in [5.74, 6) is 0.168. The highest BCUT2D eigenvalue weighted by atomic mass is 19.1. The molecule has 1 fully saturated rings. The lowest BCUT2D eigenvalue weighted by Gasteiger charge is -2.35. The number of piperazine rings is 1. The summed E-state index contributed by atoms with van der Waals surface area (Å²) in [6.45, 7) is 3.25. The molecule has 1 aliphatic heterocycles. The van der Waals surface area contributed by atoms with E-state index in [9.17, 15) is 9.59 Å². The molecule has 9 nitrogen and oxygen atoms in total. The van der Waals surface area contributed by atoms with Gasteiger partial charge in [-0.05, 0) is 37.3 Å². The molecule has 1 aromatic carbocycles. The first kappa shape index (κ1) is 21.4. The first-order valence-corrected chi connectivity index (χ1v) is 10.2. The molecule has 32 heavy (non-hydrogen) atoms. The number of anilines is 1. The van der Waals surface area contributed by atoms with Gasteiger partial charge in [0.1, 0.15) is 24.3 Å². The zero-order chi connectivity index (χ0) is 22.7. The van der Waals surface area contributed by atoms with Crippen LogP contribution in [0, 0.1) is 12.7 Å². The number of ether oxygens (including phenoxy) is 1. The van der Waals surface area contributed by atoms with Crippen molar-refractivity contribution in [1.29, 1.82) is 0 Å². The molecule has 1 aliphatic rings. The number of halogens is 1. The number of carbonyl (C=O) groups excluding carboxylic acids is 1. The highest BCUT2D eigenvalue weighted by Crippen LogP contribution is 2.28. The van der Waals surface area contributed by atoms with E-state index < -0.39 is 5.82 Å². The average Bonchev–Trinajstić information content (AvgIpc) is 2.82. The molecule has 4 rings (SSSR count). The molecular formula is C22H23FN6O3. The Bertz CT molecular complexity index is 1170. The second-order valence-corrected chi connectivity index (χ2v) is 7.43. The van der Waals surface area contributed by atoms with E-state index in [4.69, 9.17) is 4.74 Å². The summed E-state index contributed by atoms with van der Waals surface area (Å²) in [6, 6.07) is 9.98. The summed E-state index contributed by atoms with van der Waals surface area (Å²) in [5.41, 5.74) is 1.17. The maximum Gasteiger partial charge on any atom is 0.267 e. The molecule has 166 valence electrons. The monoisotopic (exact) mass is 438 g/mol. The molecule has 0 atom stereocenters. The van der Waals surface area contributed by atoms with E-state index in [0.717, 1.165) is 4.68 Å². The summed E-state index contributed by atoms with van der Waals surface area (Å²) >= 11 is 0. The highest BCUT2D eigenvalue weighted by molar-refractivity contribution is 5.76. The highest BCUT2D eigenvalue weighted by Gasteiger charge is 2.25. The molecule has 0 aliphatic carbocycles. The van der Waals surface area contributed by atoms with Crippen LogP contribution in [0.3, 0.4) is 0 Å². The molecule has 3 aromatic rings. The second-order valence-electron chi connectivity index (χ2n) is 7.43. The summed E-state index contributed by atoms with van der Waals surface area (Å²) in [6.07, 6.45) is 1.34. The van der Waals surface area contributed by atoms with Crippen LogP contribution in [0.1, 0.15) is 5.69 Å². The first-order valence-electron chi connectivity index (χ1n) is 10.2. The Kier molecular flexibility index (Phi) is 6.11. The zero-order valence-electron chi connectivity index (χ0n) is 17.9. The fourth-order valence-corrected chi connectivity index (χ4v) is 3.59. The van der Waals surface area contributed by atoms with Crippen molar-refractivity contribution in [3.8, 4) is 17.0 Å². The number of hydrogen-bond donors (Lipinski definition) is 0. The minimum Gasteiger partial charge on any atom is -0.497 e. The van der Waals surface area contributed by atoms with Crippen LogP contribution in [0.4, 0.5) is 10.2 Å². The van der Waals surface area contributed by atoms with E-state index in [-0.39, 0.29) is 29.5 Å². The van der Waals surface area contributed by atoms with Gasteiger partial charge in [0.15, 0.2) is 11.6 Å². The van der Waals surface area contributed by atoms with Crippen LogP contribution in [-0.2, 0) is 11.3 Å². The van der Waals surface area contributed by atoms with Gasteiger partial charge in [-0.1, -0.05) is 0 Å². The molecule has 0 N–H and O–H groups in total. The van der Waals surface area contributed by atoms with Gasteiger partial charge < -0.3 is 14.5 Å². The molecule has 1 amide bonds. The Labute approximate surface area is 184 Å². The number of nitrogens with zero attached hydrogens (tertiary/aromatic N) is 6. The summed E-state index contributed by atoms with van der Waals surface area (Å²) < 4.78 is 21.5. The minimum absolute atomic E-state index is 0.121. The Morgan fingerprint density at radius 2 is 1.78 bits per heavy atom.